The molecule has 0 saturated heterocycles. The van der Waals surface area contributed by atoms with E-state index in [0.29, 0.717) is 0 Å². The first-order valence-electron chi connectivity index (χ1n) is 4.55. The van der Waals surface area contributed by atoms with E-state index in [1.807, 2.05) is 0 Å². The maximum Gasteiger partial charge on any atom is 1.00 e. The molecule has 0 aromatic carbocycles. The molecule has 0 heterocycles. The Morgan fingerprint density at radius 3 is 1.00 bits per heavy atom. The molecule has 0 unspecified atom stereocenters. The predicted octanol–water partition coefficient (Wildman–Crippen LogP) is 1.21. The van der Waals surface area contributed by atoms with Gasteiger partial charge >= 0.3 is 29.6 Å². The van der Waals surface area contributed by atoms with Gasteiger partial charge in [-0.1, -0.05) is 41.5 Å². The largest absolute Gasteiger partial charge is 1.00 e. The number of hydrogen-bond acceptors (Lipinski definition) is 1. The Bertz CT molecular complexity index is 107. The predicted molar refractivity (Wildman–Crippen MR) is 61.1 cm³/mol. The molecule has 3 heteroatoms. The van der Waals surface area contributed by atoms with Crippen molar-refractivity contribution in [2.24, 2.45) is 0 Å². The second-order valence-electron chi connectivity index (χ2n) is 4.35. The summed E-state index contributed by atoms with van der Waals surface area (Å²) in [5.41, 5.74) is 2.35. The van der Waals surface area contributed by atoms with Crippen molar-refractivity contribution < 1.29 is 31.0 Å². The van der Waals surface area contributed by atoms with Crippen LogP contribution in [0.2, 0.25) is 16.6 Å². The maximum atomic E-state index is 4.94. The van der Waals surface area contributed by atoms with Crippen LogP contribution in [0.5, 0.6) is 0 Å². The topological polar surface area (TPSA) is 0 Å². The summed E-state index contributed by atoms with van der Waals surface area (Å²) < 4.78 is 0. The fraction of sp³-hybridized carbons (Fsp3) is 1.00. The Kier molecular flexibility index (Phi) is 8.18. The van der Waals surface area contributed by atoms with Crippen LogP contribution in [-0.4, -0.2) is 7.22 Å². The summed E-state index contributed by atoms with van der Waals surface area (Å²) in [6, 6.07) is 0. The third-order valence-electron chi connectivity index (χ3n) is 2.77. The van der Waals surface area contributed by atoms with E-state index in [-0.39, 0.29) is 31.0 Å². The van der Waals surface area contributed by atoms with Crippen LogP contribution < -0.4 is 29.6 Å². The zero-order valence-corrected chi connectivity index (χ0v) is 13.6. The van der Waals surface area contributed by atoms with Crippen molar-refractivity contribution in [3.8, 4) is 0 Å². The van der Waals surface area contributed by atoms with E-state index >= 15 is 0 Å². The molecule has 0 aromatic heterocycles. The van der Waals surface area contributed by atoms with Gasteiger partial charge < -0.3 is 1.43 Å². The van der Waals surface area contributed by atoms with Crippen LogP contribution in [0.15, 0.2) is 0 Å². The van der Waals surface area contributed by atoms with Gasteiger partial charge in [-0.25, -0.2) is 12.1 Å². The van der Waals surface area contributed by atoms with E-state index in [0.717, 1.165) is 16.6 Å². The first-order chi connectivity index (χ1) is 4.83. The van der Waals surface area contributed by atoms with Gasteiger partial charge in [0.25, 0.3) is 0 Å². The van der Waals surface area contributed by atoms with Crippen molar-refractivity contribution >= 4 is 19.3 Å². The fourth-order valence-corrected chi connectivity index (χ4v) is 6.00. The van der Waals surface area contributed by atoms with E-state index in [1.165, 1.54) is 0 Å². The van der Waals surface area contributed by atoms with Gasteiger partial charge in [0, 0.05) is 0 Å². The zero-order valence-electron chi connectivity index (χ0n) is 10.7. The second-order valence-corrected chi connectivity index (χ2v) is 11.9. The summed E-state index contributed by atoms with van der Waals surface area (Å²) in [6.45, 7) is 13.9. The van der Waals surface area contributed by atoms with Crippen LogP contribution in [0.1, 0.15) is 43.0 Å². The molecule has 0 aliphatic carbocycles. The fourth-order valence-electron chi connectivity index (χ4n) is 2.00. The van der Waals surface area contributed by atoms with E-state index < -0.39 is 7.22 Å². The molecule has 0 aliphatic heterocycles. The van der Waals surface area contributed by atoms with Crippen molar-refractivity contribution in [3.63, 3.8) is 0 Å². The molecule has 0 aromatic rings. The quantitative estimate of drug-likeness (QED) is 0.530. The minimum absolute atomic E-state index is 0. The third-order valence-corrected chi connectivity index (χ3v) is 13.0. The molecule has 0 atom stereocenters. The van der Waals surface area contributed by atoms with Crippen molar-refractivity contribution in [1.29, 1.82) is 0 Å². The summed E-state index contributed by atoms with van der Waals surface area (Å²) in [5.74, 6) is 0. The maximum absolute atomic E-state index is 4.94. The van der Waals surface area contributed by atoms with Crippen molar-refractivity contribution in [2.45, 2.75) is 58.2 Å². The van der Waals surface area contributed by atoms with Crippen LogP contribution in [0, 0.1) is 0 Å². The Morgan fingerprint density at radius 2 is 1.00 bits per heavy atom. The molecule has 12 heavy (non-hydrogen) atoms. The molecule has 70 valence electrons. The van der Waals surface area contributed by atoms with E-state index in [1.54, 1.807) is 0 Å². The summed E-state index contributed by atoms with van der Waals surface area (Å²) in [6.07, 6.45) is 0. The molecule has 0 spiro atoms. The van der Waals surface area contributed by atoms with Gasteiger partial charge in [-0.3, -0.25) is 0 Å². The van der Waals surface area contributed by atoms with Gasteiger partial charge in [0.05, 0.1) is 0 Å². The second kappa shape index (κ2) is 6.13. The van der Waals surface area contributed by atoms with Crippen LogP contribution in [0.3, 0.4) is 0 Å². The average molecular weight is 214 g/mol. The molecule has 0 bridgehead atoms. The minimum atomic E-state index is -1.29. The molecule has 0 saturated carbocycles. The number of rotatable bonds is 3. The van der Waals surface area contributed by atoms with E-state index in [9.17, 15) is 0 Å². The molecule has 0 N–H and O–H groups in total. The SMILES string of the molecule is CC(C)[Si](S)(C(C)C)C(C)C.[H-].[Na+]. The van der Waals surface area contributed by atoms with Crippen molar-refractivity contribution in [3.05, 3.63) is 0 Å². The molecule has 0 amide bonds. The van der Waals surface area contributed by atoms with Gasteiger partial charge in [-0.05, 0) is 16.6 Å². The van der Waals surface area contributed by atoms with Gasteiger partial charge in [0.15, 0.2) is 0 Å². The normalized spacial score (nSPS) is 12.5. The molecular formula is C9H23NaSSi. The van der Waals surface area contributed by atoms with Crippen molar-refractivity contribution in [1.82, 2.24) is 0 Å². The van der Waals surface area contributed by atoms with Gasteiger partial charge in [0.2, 0.25) is 0 Å². The Balaban J connectivity index is -0.000000500. The number of thiol groups is 1. The van der Waals surface area contributed by atoms with Gasteiger partial charge in [0.1, 0.15) is 7.22 Å². The average Bonchev–Trinajstić information content (AvgIpc) is 1.84. The molecule has 0 radical (unpaired) electrons. The summed E-state index contributed by atoms with van der Waals surface area (Å²) in [4.78, 5) is 0. The molecule has 0 nitrogen and oxygen atoms in total. The smallest absolute Gasteiger partial charge is 1.00 e. The molecule has 0 fully saturated rings. The van der Waals surface area contributed by atoms with Gasteiger partial charge in [-0.2, -0.15) is 0 Å². The summed E-state index contributed by atoms with van der Waals surface area (Å²) >= 11 is 4.94. The van der Waals surface area contributed by atoms with Crippen LogP contribution in [-0.2, 0) is 0 Å². The third kappa shape index (κ3) is 3.37. The zero-order chi connectivity index (χ0) is 9.23. The Labute approximate surface area is 108 Å². The summed E-state index contributed by atoms with van der Waals surface area (Å²) in [7, 11) is -1.29. The number of hydrogen-bond donors (Lipinski definition) is 1. The first kappa shape index (κ1) is 16.0. The van der Waals surface area contributed by atoms with Crippen molar-refractivity contribution in [2.75, 3.05) is 0 Å². The van der Waals surface area contributed by atoms with E-state index in [2.05, 4.69) is 41.5 Å². The van der Waals surface area contributed by atoms with E-state index in [4.69, 9.17) is 12.1 Å². The Hall–Kier alpha value is 1.57. The first-order valence-corrected chi connectivity index (χ1v) is 8.07. The minimum Gasteiger partial charge on any atom is -1.00 e. The molecule has 0 rings (SSSR count). The van der Waals surface area contributed by atoms with Crippen LogP contribution in [0.4, 0.5) is 0 Å². The summed E-state index contributed by atoms with van der Waals surface area (Å²) in [5, 5.41) is 0. The van der Waals surface area contributed by atoms with Crippen LogP contribution in [0.25, 0.3) is 0 Å². The molecular weight excluding hydrogens is 191 g/mol. The van der Waals surface area contributed by atoms with Crippen LogP contribution >= 0.6 is 12.1 Å². The molecule has 0 aliphatic rings. The Morgan fingerprint density at radius 1 is 0.833 bits per heavy atom. The van der Waals surface area contributed by atoms with Gasteiger partial charge in [-0.15, -0.1) is 0 Å². The monoisotopic (exact) mass is 214 g/mol. The standard InChI is InChI=1S/C9H22SSi.Na.H/c1-7(2)11(10,8(3)4)9(5)6;;/h7-10H,1-6H3;;/q;+1;-1.